The van der Waals surface area contributed by atoms with Crippen molar-refractivity contribution >= 4 is 0 Å². The molecule has 1 fully saturated rings. The van der Waals surface area contributed by atoms with E-state index < -0.39 is 0 Å². The number of fused-ring (bicyclic) bond motifs is 1. The van der Waals surface area contributed by atoms with E-state index in [1.807, 2.05) is 6.07 Å². The molecule has 2 nitrogen and oxygen atoms in total. The molecule has 1 aliphatic carbocycles. The van der Waals surface area contributed by atoms with E-state index in [0.29, 0.717) is 0 Å². The lowest BCUT2D eigenvalue weighted by molar-refractivity contribution is 0.255. The fourth-order valence-corrected chi connectivity index (χ4v) is 2.21. The Morgan fingerprint density at radius 2 is 2.21 bits per heavy atom. The number of hydrogen-bond donors (Lipinski definition) is 1. The number of aliphatic hydroxyl groups is 1. The highest BCUT2D eigenvalue weighted by atomic mass is 16.5. The summed E-state index contributed by atoms with van der Waals surface area (Å²) in [6, 6.07) is 6.37. The molecule has 3 rings (SSSR count). The Morgan fingerprint density at radius 3 is 2.93 bits per heavy atom. The predicted molar refractivity (Wildman–Crippen MR) is 53.6 cm³/mol. The van der Waals surface area contributed by atoms with Crippen molar-refractivity contribution in [3.05, 3.63) is 29.3 Å². The van der Waals surface area contributed by atoms with Crippen LogP contribution in [0.3, 0.4) is 0 Å². The molecular formula is C12H14O2. The van der Waals surface area contributed by atoms with E-state index in [2.05, 4.69) is 12.1 Å². The maximum atomic E-state index is 9.33. The minimum Gasteiger partial charge on any atom is -0.493 e. The summed E-state index contributed by atoms with van der Waals surface area (Å²) in [5.74, 6) is 1.03. The first-order valence-electron chi connectivity index (χ1n) is 5.21. The fraction of sp³-hybridized carbons (Fsp3) is 0.500. The van der Waals surface area contributed by atoms with Gasteiger partial charge in [0.05, 0.1) is 13.2 Å². The zero-order chi connectivity index (χ0) is 9.60. The minimum atomic E-state index is 0.0949. The van der Waals surface area contributed by atoms with Gasteiger partial charge in [-0.1, -0.05) is 12.1 Å². The first-order chi connectivity index (χ1) is 6.84. The highest BCUT2D eigenvalue weighted by molar-refractivity contribution is 5.44. The Morgan fingerprint density at radius 1 is 1.36 bits per heavy atom. The third-order valence-electron chi connectivity index (χ3n) is 3.46. The highest BCUT2D eigenvalue weighted by Crippen LogP contribution is 2.48. The van der Waals surface area contributed by atoms with Crippen LogP contribution in [0.4, 0.5) is 0 Å². The normalized spacial score (nSPS) is 21.5. The lowest BCUT2D eigenvalue weighted by Gasteiger charge is -2.12. The van der Waals surface area contributed by atoms with Crippen molar-refractivity contribution in [2.45, 2.75) is 24.7 Å². The summed E-state index contributed by atoms with van der Waals surface area (Å²) >= 11 is 0. The van der Waals surface area contributed by atoms with Crippen molar-refractivity contribution in [3.8, 4) is 5.75 Å². The second kappa shape index (κ2) is 2.74. The number of aliphatic hydroxyl groups excluding tert-OH is 1. The molecule has 14 heavy (non-hydrogen) atoms. The van der Waals surface area contributed by atoms with Crippen molar-refractivity contribution in [2.75, 3.05) is 13.2 Å². The van der Waals surface area contributed by atoms with Gasteiger partial charge in [0.25, 0.3) is 0 Å². The van der Waals surface area contributed by atoms with Crippen LogP contribution in [0.5, 0.6) is 5.75 Å². The van der Waals surface area contributed by atoms with Crippen LogP contribution in [0.15, 0.2) is 18.2 Å². The van der Waals surface area contributed by atoms with Crippen molar-refractivity contribution in [1.29, 1.82) is 0 Å². The monoisotopic (exact) mass is 190 g/mol. The zero-order valence-corrected chi connectivity index (χ0v) is 8.12. The van der Waals surface area contributed by atoms with Gasteiger partial charge >= 0.3 is 0 Å². The highest BCUT2D eigenvalue weighted by Gasteiger charge is 2.43. The van der Waals surface area contributed by atoms with E-state index in [1.165, 1.54) is 11.1 Å². The van der Waals surface area contributed by atoms with Gasteiger partial charge in [0.15, 0.2) is 0 Å². The van der Waals surface area contributed by atoms with Gasteiger partial charge in [0, 0.05) is 11.8 Å². The number of hydrogen-bond acceptors (Lipinski definition) is 2. The van der Waals surface area contributed by atoms with Crippen molar-refractivity contribution in [1.82, 2.24) is 0 Å². The molecule has 0 spiro atoms. The lowest BCUT2D eigenvalue weighted by atomic mass is 9.94. The van der Waals surface area contributed by atoms with Crippen LogP contribution in [-0.2, 0) is 11.8 Å². The zero-order valence-electron chi connectivity index (χ0n) is 8.12. The maximum Gasteiger partial charge on any atom is 0.122 e. The third kappa shape index (κ3) is 1.07. The van der Waals surface area contributed by atoms with Crippen molar-refractivity contribution in [3.63, 3.8) is 0 Å². The van der Waals surface area contributed by atoms with E-state index in [1.54, 1.807) is 0 Å². The molecule has 2 aliphatic rings. The summed E-state index contributed by atoms with van der Waals surface area (Å²) in [6.45, 7) is 1.09. The van der Waals surface area contributed by atoms with E-state index in [-0.39, 0.29) is 12.0 Å². The molecule has 74 valence electrons. The SMILES string of the molecule is OCC1(c2ccc3c(c2)CCO3)CC1. The molecule has 0 atom stereocenters. The summed E-state index contributed by atoms with van der Waals surface area (Å²) in [6.07, 6.45) is 3.27. The second-order valence-electron chi connectivity index (χ2n) is 4.36. The maximum absolute atomic E-state index is 9.33. The number of benzene rings is 1. The summed E-state index contributed by atoms with van der Waals surface area (Å²) in [5, 5.41) is 9.33. The fourth-order valence-electron chi connectivity index (χ4n) is 2.21. The molecule has 2 heteroatoms. The Labute approximate surface area is 83.5 Å². The van der Waals surface area contributed by atoms with Gasteiger partial charge in [-0.3, -0.25) is 0 Å². The first-order valence-corrected chi connectivity index (χ1v) is 5.21. The summed E-state index contributed by atoms with van der Waals surface area (Å²) in [7, 11) is 0. The Hall–Kier alpha value is -1.02. The van der Waals surface area contributed by atoms with E-state index >= 15 is 0 Å². The molecule has 0 saturated heterocycles. The van der Waals surface area contributed by atoms with Crippen LogP contribution in [-0.4, -0.2) is 18.3 Å². The average Bonchev–Trinajstić information content (AvgIpc) is 2.89. The van der Waals surface area contributed by atoms with Crippen LogP contribution in [0.25, 0.3) is 0 Å². The van der Waals surface area contributed by atoms with Crippen LogP contribution in [0, 0.1) is 0 Å². The molecule has 1 saturated carbocycles. The van der Waals surface area contributed by atoms with Crippen molar-refractivity contribution < 1.29 is 9.84 Å². The average molecular weight is 190 g/mol. The molecule has 1 aromatic rings. The molecule has 0 bridgehead atoms. The molecule has 1 N–H and O–H groups in total. The molecule has 0 aromatic heterocycles. The van der Waals surface area contributed by atoms with Gasteiger partial charge in [-0.05, 0) is 30.0 Å². The van der Waals surface area contributed by atoms with Gasteiger partial charge in [-0.25, -0.2) is 0 Å². The first kappa shape index (κ1) is 8.30. The number of rotatable bonds is 2. The summed E-state index contributed by atoms with van der Waals surface area (Å²) in [4.78, 5) is 0. The van der Waals surface area contributed by atoms with Crippen LogP contribution in [0.2, 0.25) is 0 Å². The van der Waals surface area contributed by atoms with Crippen molar-refractivity contribution in [2.24, 2.45) is 0 Å². The molecule has 0 radical (unpaired) electrons. The largest absolute Gasteiger partial charge is 0.493 e. The minimum absolute atomic E-state index is 0.0949. The third-order valence-corrected chi connectivity index (χ3v) is 3.46. The molecule has 0 unspecified atom stereocenters. The van der Waals surface area contributed by atoms with Gasteiger partial charge in [0.1, 0.15) is 5.75 Å². The molecule has 1 aliphatic heterocycles. The lowest BCUT2D eigenvalue weighted by Crippen LogP contribution is -2.11. The summed E-state index contributed by atoms with van der Waals surface area (Å²) < 4.78 is 5.46. The topological polar surface area (TPSA) is 29.5 Å². The van der Waals surface area contributed by atoms with Crippen LogP contribution < -0.4 is 4.74 Å². The molecule has 1 heterocycles. The molecular weight excluding hydrogens is 176 g/mol. The van der Waals surface area contributed by atoms with Gasteiger partial charge in [-0.15, -0.1) is 0 Å². The number of ether oxygens (including phenoxy) is 1. The summed E-state index contributed by atoms with van der Waals surface area (Å²) in [5.41, 5.74) is 2.70. The van der Waals surface area contributed by atoms with Gasteiger partial charge in [-0.2, -0.15) is 0 Å². The van der Waals surface area contributed by atoms with E-state index in [9.17, 15) is 5.11 Å². The predicted octanol–water partition coefficient (Wildman–Crippen LogP) is 1.65. The standard InChI is InChI=1S/C12H14O2/c13-8-12(4-5-12)10-1-2-11-9(7-10)3-6-14-11/h1-2,7,13H,3-6,8H2. The Bertz CT molecular complexity index is 367. The van der Waals surface area contributed by atoms with E-state index in [0.717, 1.165) is 31.6 Å². The molecule has 1 aromatic carbocycles. The second-order valence-corrected chi connectivity index (χ2v) is 4.36. The molecule has 0 amide bonds. The van der Waals surface area contributed by atoms with Gasteiger partial charge in [0.2, 0.25) is 0 Å². The van der Waals surface area contributed by atoms with Crippen LogP contribution >= 0.6 is 0 Å². The van der Waals surface area contributed by atoms with Crippen LogP contribution in [0.1, 0.15) is 24.0 Å². The van der Waals surface area contributed by atoms with E-state index in [4.69, 9.17) is 4.74 Å². The Balaban J connectivity index is 2.00. The van der Waals surface area contributed by atoms with Gasteiger partial charge < -0.3 is 9.84 Å². The Kier molecular flexibility index (Phi) is 1.62. The quantitative estimate of drug-likeness (QED) is 0.768. The smallest absolute Gasteiger partial charge is 0.122 e.